The van der Waals surface area contributed by atoms with Crippen LogP contribution in [0.1, 0.15) is 63.4 Å². The summed E-state index contributed by atoms with van der Waals surface area (Å²) in [5.74, 6) is -0.629. The first kappa shape index (κ1) is 33.3. The summed E-state index contributed by atoms with van der Waals surface area (Å²) >= 11 is 0. The van der Waals surface area contributed by atoms with E-state index in [1.165, 1.54) is 12.5 Å². The van der Waals surface area contributed by atoms with Crippen molar-refractivity contribution in [2.75, 3.05) is 13.2 Å². The third kappa shape index (κ3) is 7.73. The molecule has 44 heavy (non-hydrogen) atoms. The predicted octanol–water partition coefficient (Wildman–Crippen LogP) is 7.99. The molecule has 3 heterocycles. The quantitative estimate of drug-likeness (QED) is 0.0780. The maximum atomic E-state index is 14.2. The fourth-order valence-corrected chi connectivity index (χ4v) is 5.05. The van der Waals surface area contributed by atoms with Crippen LogP contribution >= 0.6 is 0 Å². The third-order valence-electron chi connectivity index (χ3n) is 7.17. The number of rotatable bonds is 14. The molecule has 0 fully saturated rings. The first-order chi connectivity index (χ1) is 20.5. The van der Waals surface area contributed by atoms with Gasteiger partial charge in [-0.3, -0.25) is 4.98 Å². The Morgan fingerprint density at radius 1 is 1.00 bits per heavy atom. The number of esters is 1. The van der Waals surface area contributed by atoms with Crippen LogP contribution < -0.4 is 4.74 Å². The molecule has 1 atom stereocenters. The number of ether oxygens (including phenoxy) is 4. The average molecular weight is 629 g/mol. The maximum absolute atomic E-state index is 14.2. The Balaban J connectivity index is 1.40. The molecule has 3 aromatic rings. The summed E-state index contributed by atoms with van der Waals surface area (Å²) in [6.45, 7) is 9.62. The van der Waals surface area contributed by atoms with Gasteiger partial charge in [0.05, 0.1) is 37.3 Å². The molecule has 0 spiro atoms. The number of fused-ring (bicyclic) bond motifs is 5. The lowest BCUT2D eigenvalue weighted by Gasteiger charge is -2.28. The molecule has 1 unspecified atom stereocenters. The Bertz CT molecular complexity index is 1540. The van der Waals surface area contributed by atoms with Crippen LogP contribution in [0.15, 0.2) is 42.5 Å². The van der Waals surface area contributed by atoms with Gasteiger partial charge in [-0.15, -0.1) is 8.78 Å². The van der Waals surface area contributed by atoms with Crippen molar-refractivity contribution >= 4 is 16.9 Å². The van der Waals surface area contributed by atoms with Crippen LogP contribution in [-0.4, -0.2) is 47.2 Å². The second kappa shape index (κ2) is 12.8. The lowest BCUT2D eigenvalue weighted by Crippen LogP contribution is -2.41. The van der Waals surface area contributed by atoms with Gasteiger partial charge in [-0.05, 0) is 55.5 Å². The summed E-state index contributed by atoms with van der Waals surface area (Å²) in [6, 6.07) is 9.20. The Morgan fingerprint density at radius 3 is 2.27 bits per heavy atom. The standard InChI is InChI=1S/C31H34F6N2O5/c1-6-21-15-23-19(5)17-39-25-16-22(9-8-20(25)14-26(39)27(23)24(7-2)38-21)41-12-10-29(32,33)43-31(36,37)44-30(34,35)11-13-42-28(40)18(3)4/h8-9,14-16,19H,3,6-7,10-13,17H2,1-2,4-5H3. The topological polar surface area (TPSA) is 71.8 Å². The molecule has 13 heteroatoms. The molecule has 4 rings (SSSR count). The fraction of sp³-hybridized carbons (Fsp3) is 0.484. The van der Waals surface area contributed by atoms with Crippen molar-refractivity contribution in [1.82, 2.24) is 9.55 Å². The molecule has 2 aromatic heterocycles. The summed E-state index contributed by atoms with van der Waals surface area (Å²) in [4.78, 5) is 16.1. The van der Waals surface area contributed by atoms with Gasteiger partial charge in [0.15, 0.2) is 0 Å². The fourth-order valence-electron chi connectivity index (χ4n) is 5.05. The summed E-state index contributed by atoms with van der Waals surface area (Å²) in [5.41, 5.74) is 6.03. The second-order valence-electron chi connectivity index (χ2n) is 10.7. The second-order valence-corrected chi connectivity index (χ2v) is 10.7. The first-order valence-corrected chi connectivity index (χ1v) is 14.2. The maximum Gasteiger partial charge on any atom is 0.494 e. The number of hydrogen-bond donors (Lipinski definition) is 0. The average Bonchev–Trinajstić information content (AvgIpc) is 3.28. The Morgan fingerprint density at radius 2 is 1.66 bits per heavy atom. The highest BCUT2D eigenvalue weighted by Crippen LogP contribution is 2.42. The lowest BCUT2D eigenvalue weighted by atomic mass is 9.88. The largest absolute Gasteiger partial charge is 0.494 e. The minimum absolute atomic E-state index is 0.105. The minimum Gasteiger partial charge on any atom is -0.493 e. The van der Waals surface area contributed by atoms with E-state index in [2.05, 4.69) is 52.2 Å². The van der Waals surface area contributed by atoms with E-state index in [4.69, 9.17) is 9.72 Å². The van der Waals surface area contributed by atoms with E-state index >= 15 is 0 Å². The van der Waals surface area contributed by atoms with Gasteiger partial charge in [0, 0.05) is 40.5 Å². The van der Waals surface area contributed by atoms with Crippen LogP contribution in [0.3, 0.4) is 0 Å². The molecular formula is C31H34F6N2O5. The van der Waals surface area contributed by atoms with Crippen LogP contribution in [0.25, 0.3) is 22.2 Å². The molecule has 1 aliphatic heterocycles. The van der Waals surface area contributed by atoms with Crippen LogP contribution in [0.2, 0.25) is 0 Å². The molecular weight excluding hydrogens is 594 g/mol. The molecule has 0 saturated carbocycles. The van der Waals surface area contributed by atoms with Crippen molar-refractivity contribution in [1.29, 1.82) is 0 Å². The Labute approximate surface area is 250 Å². The number of halogens is 6. The van der Waals surface area contributed by atoms with E-state index in [9.17, 15) is 31.1 Å². The monoisotopic (exact) mass is 628 g/mol. The summed E-state index contributed by atoms with van der Waals surface area (Å²) in [7, 11) is 0. The number of alkyl halides is 6. The lowest BCUT2D eigenvalue weighted by molar-refractivity contribution is -0.514. The Kier molecular flexibility index (Phi) is 9.69. The van der Waals surface area contributed by atoms with E-state index < -0.39 is 50.5 Å². The highest BCUT2D eigenvalue weighted by atomic mass is 19.3. The van der Waals surface area contributed by atoms with Gasteiger partial charge in [-0.1, -0.05) is 27.4 Å². The molecule has 0 radical (unpaired) electrons. The predicted molar refractivity (Wildman–Crippen MR) is 150 cm³/mol. The molecule has 0 N–H and O–H groups in total. The number of benzene rings is 1. The first-order valence-electron chi connectivity index (χ1n) is 14.2. The molecule has 0 amide bonds. The number of carbonyl (C=O) groups is 1. The molecule has 1 aromatic carbocycles. The van der Waals surface area contributed by atoms with Crippen molar-refractivity contribution < 1.29 is 50.1 Å². The zero-order valence-electron chi connectivity index (χ0n) is 24.8. The molecule has 1 aliphatic rings. The van der Waals surface area contributed by atoms with Gasteiger partial charge in [0.1, 0.15) is 5.75 Å². The Hall–Kier alpha value is -3.58. The van der Waals surface area contributed by atoms with Gasteiger partial charge >= 0.3 is 24.5 Å². The van der Waals surface area contributed by atoms with E-state index in [0.717, 1.165) is 46.4 Å². The summed E-state index contributed by atoms with van der Waals surface area (Å²) < 4.78 is 102. The van der Waals surface area contributed by atoms with Crippen molar-refractivity contribution in [3.05, 3.63) is 59.4 Å². The smallest absolute Gasteiger partial charge is 0.493 e. The SMILES string of the molecule is C=C(C)C(=O)OCCC(F)(F)OC(F)(F)OC(F)(F)CCOc1ccc2cc3n(c2c1)CC(C)c1cc(CC)nc(CC)c1-3. The van der Waals surface area contributed by atoms with Crippen LogP contribution in [0.4, 0.5) is 26.3 Å². The number of aromatic nitrogens is 2. The van der Waals surface area contributed by atoms with Crippen molar-refractivity contribution in [2.24, 2.45) is 0 Å². The number of pyridine rings is 1. The van der Waals surface area contributed by atoms with Crippen molar-refractivity contribution in [3.8, 4) is 17.0 Å². The molecule has 240 valence electrons. The highest BCUT2D eigenvalue weighted by Gasteiger charge is 2.52. The molecule has 0 aliphatic carbocycles. The van der Waals surface area contributed by atoms with Crippen molar-refractivity contribution in [3.63, 3.8) is 0 Å². The number of hydrogen-bond acceptors (Lipinski definition) is 6. The van der Waals surface area contributed by atoms with Crippen LogP contribution in [0.5, 0.6) is 5.75 Å². The summed E-state index contributed by atoms with van der Waals surface area (Å²) in [6.07, 6.45) is -15.9. The molecule has 0 bridgehead atoms. The number of carbonyl (C=O) groups excluding carboxylic acids is 1. The van der Waals surface area contributed by atoms with Crippen LogP contribution in [0, 0.1) is 0 Å². The molecule has 7 nitrogen and oxygen atoms in total. The number of aryl methyl sites for hydroxylation is 2. The zero-order valence-corrected chi connectivity index (χ0v) is 24.8. The van der Waals surface area contributed by atoms with E-state index in [0.29, 0.717) is 6.54 Å². The van der Waals surface area contributed by atoms with E-state index in [1.807, 2.05) is 6.07 Å². The number of nitrogens with zero attached hydrogens (tertiary/aromatic N) is 2. The summed E-state index contributed by atoms with van der Waals surface area (Å²) in [5, 5.41) is 0.898. The normalized spacial score (nSPS) is 15.2. The third-order valence-corrected chi connectivity index (χ3v) is 7.17. The zero-order chi connectivity index (χ0) is 32.4. The van der Waals surface area contributed by atoms with Gasteiger partial charge in [-0.2, -0.15) is 17.6 Å². The minimum atomic E-state index is -5.35. The van der Waals surface area contributed by atoms with Gasteiger partial charge < -0.3 is 14.0 Å². The van der Waals surface area contributed by atoms with Gasteiger partial charge in [0.2, 0.25) is 0 Å². The van der Waals surface area contributed by atoms with Gasteiger partial charge in [0.25, 0.3) is 0 Å². The van der Waals surface area contributed by atoms with E-state index in [-0.39, 0.29) is 17.2 Å². The van der Waals surface area contributed by atoms with Gasteiger partial charge in [-0.25, -0.2) is 14.3 Å². The van der Waals surface area contributed by atoms with E-state index in [1.54, 1.807) is 18.2 Å². The molecule has 0 saturated heterocycles. The highest BCUT2D eigenvalue weighted by molar-refractivity contribution is 5.90. The van der Waals surface area contributed by atoms with Crippen LogP contribution in [-0.2, 0) is 38.4 Å². The van der Waals surface area contributed by atoms with Crippen molar-refractivity contribution in [2.45, 2.75) is 84.4 Å².